The Morgan fingerprint density at radius 3 is 2.11 bits per heavy atom. The molecule has 1 saturated heterocycles. The van der Waals surface area contributed by atoms with E-state index in [4.69, 9.17) is 10.2 Å². The summed E-state index contributed by atoms with van der Waals surface area (Å²) >= 11 is -3.88. The Kier molecular flexibility index (Phi) is 5.98. The van der Waals surface area contributed by atoms with Gasteiger partial charge in [0, 0.05) is 0 Å². The summed E-state index contributed by atoms with van der Waals surface area (Å²) in [6, 6.07) is 0. The molecule has 0 aliphatic carbocycles. The van der Waals surface area contributed by atoms with Gasteiger partial charge in [0.05, 0.1) is 0 Å². The van der Waals surface area contributed by atoms with Crippen molar-refractivity contribution in [3.05, 3.63) is 0 Å². The maximum absolute atomic E-state index is 11.2. The van der Waals surface area contributed by atoms with Crippen molar-refractivity contribution in [3.63, 3.8) is 0 Å². The van der Waals surface area contributed by atoms with Crippen LogP contribution in [0.3, 0.4) is 0 Å². The van der Waals surface area contributed by atoms with Crippen LogP contribution >= 0.6 is 0 Å². The van der Waals surface area contributed by atoms with Crippen LogP contribution in [0.4, 0.5) is 0 Å². The van der Waals surface area contributed by atoms with Crippen LogP contribution < -0.4 is 0 Å². The summed E-state index contributed by atoms with van der Waals surface area (Å²) in [6.07, 6.45) is -8.19. The third kappa shape index (κ3) is 4.51. The molecule has 1 aliphatic rings. The molecule has 0 unspecified atom stereocenters. The molecule has 0 saturated carbocycles. The Hall–Kier alpha value is 0.0231. The Labute approximate surface area is 116 Å². The molecule has 112 valence electrons. The third-order valence-electron chi connectivity index (χ3n) is 1.96. The van der Waals surface area contributed by atoms with Gasteiger partial charge in [-0.3, -0.25) is 0 Å². The molecular formula is C6H11BiO11S. The van der Waals surface area contributed by atoms with Gasteiger partial charge in [-0.05, 0) is 0 Å². The zero-order valence-electron chi connectivity index (χ0n) is 9.06. The standard InChI is InChI=1S/C6H12O7.Bi.H2O4S/c7-1-2(8)3(9)4(10)5(11)6(12)13;;1-5(2,3)4/h2-5,7-11H,1H2,(H,12,13);;(H2,1,2,3,4)/q;+3;/p-3/t2-,3-,4+,5-;;/m1../s1. The average molecular weight is 500 g/mol. The predicted octanol–water partition coefficient (Wildman–Crippen LogP) is -4.76. The van der Waals surface area contributed by atoms with Gasteiger partial charge in [0.15, 0.2) is 0 Å². The van der Waals surface area contributed by atoms with E-state index in [1.165, 1.54) is 0 Å². The van der Waals surface area contributed by atoms with Crippen molar-refractivity contribution in [1.29, 1.82) is 0 Å². The molecule has 0 radical (unpaired) electrons. The van der Waals surface area contributed by atoms with E-state index >= 15 is 0 Å². The number of aliphatic hydroxyl groups is 5. The number of aliphatic hydroxyl groups excluding tert-OH is 5. The number of carbonyl (C=O) groups is 1. The first-order chi connectivity index (χ1) is 8.68. The van der Waals surface area contributed by atoms with Crippen LogP contribution in [0.15, 0.2) is 0 Å². The van der Waals surface area contributed by atoms with Crippen molar-refractivity contribution in [1.82, 2.24) is 0 Å². The summed E-state index contributed by atoms with van der Waals surface area (Å²) in [7, 11) is -4.11. The molecule has 1 aliphatic heterocycles. The zero-order valence-corrected chi connectivity index (χ0v) is 13.4. The first-order valence-corrected chi connectivity index (χ1v) is 10.3. The predicted molar refractivity (Wildman–Crippen MR) is 54.0 cm³/mol. The summed E-state index contributed by atoms with van der Waals surface area (Å²) in [5, 5.41) is 45.3. The molecule has 13 heteroatoms. The van der Waals surface area contributed by atoms with Crippen LogP contribution in [0.5, 0.6) is 0 Å². The van der Waals surface area contributed by atoms with E-state index in [1.807, 2.05) is 0 Å². The zero-order chi connectivity index (χ0) is 14.8. The van der Waals surface area contributed by atoms with E-state index < -0.39 is 70.5 Å². The first kappa shape index (κ1) is 17.1. The van der Waals surface area contributed by atoms with Crippen molar-refractivity contribution >= 4 is 39.4 Å². The fourth-order valence-electron chi connectivity index (χ4n) is 0.974. The summed E-state index contributed by atoms with van der Waals surface area (Å²) in [6.45, 7) is -0.911. The number of rotatable bonds is 6. The summed E-state index contributed by atoms with van der Waals surface area (Å²) in [5.74, 6) is -1.47. The van der Waals surface area contributed by atoms with Gasteiger partial charge in [-0.1, -0.05) is 0 Å². The van der Waals surface area contributed by atoms with Crippen LogP contribution in [-0.2, 0) is 22.5 Å². The van der Waals surface area contributed by atoms with Crippen molar-refractivity contribution in [2.24, 2.45) is 0 Å². The fraction of sp³-hybridized carbons (Fsp3) is 0.833. The molecule has 0 amide bonds. The maximum atomic E-state index is 11.2. The summed E-state index contributed by atoms with van der Waals surface area (Å²) in [4.78, 5) is 11.2. The summed E-state index contributed by atoms with van der Waals surface area (Å²) in [5.41, 5.74) is 0. The SMILES string of the molecule is O=C([O][Bi]1[O]S(=O)(=O)[O]1)[C@H](O)[C@@H](O)[C@H](O)[C@H](O)CO. The first-order valence-electron chi connectivity index (χ1n) is 4.67. The fourth-order valence-corrected chi connectivity index (χ4v) is 6.65. The average Bonchev–Trinajstić information content (AvgIpc) is 2.32. The van der Waals surface area contributed by atoms with Gasteiger partial charge >= 0.3 is 117 Å². The molecule has 1 rings (SSSR count). The molecule has 19 heavy (non-hydrogen) atoms. The Morgan fingerprint density at radius 2 is 1.68 bits per heavy atom. The molecule has 0 aromatic carbocycles. The van der Waals surface area contributed by atoms with Gasteiger partial charge in [-0.15, -0.1) is 0 Å². The van der Waals surface area contributed by atoms with E-state index in [-0.39, 0.29) is 0 Å². The van der Waals surface area contributed by atoms with Crippen LogP contribution in [0.2, 0.25) is 0 Å². The van der Waals surface area contributed by atoms with Gasteiger partial charge < -0.3 is 0 Å². The van der Waals surface area contributed by atoms with Crippen molar-refractivity contribution in [2.45, 2.75) is 24.4 Å². The van der Waals surface area contributed by atoms with E-state index in [1.54, 1.807) is 0 Å². The van der Waals surface area contributed by atoms with Gasteiger partial charge in [0.2, 0.25) is 0 Å². The van der Waals surface area contributed by atoms with E-state index in [0.29, 0.717) is 0 Å². The van der Waals surface area contributed by atoms with Crippen LogP contribution in [0.1, 0.15) is 0 Å². The Morgan fingerprint density at radius 1 is 1.16 bits per heavy atom. The second kappa shape index (κ2) is 6.65. The van der Waals surface area contributed by atoms with Gasteiger partial charge in [0.25, 0.3) is 0 Å². The number of hydrogen-bond acceptors (Lipinski definition) is 11. The van der Waals surface area contributed by atoms with Gasteiger partial charge in [-0.25, -0.2) is 0 Å². The van der Waals surface area contributed by atoms with Crippen molar-refractivity contribution < 1.29 is 46.1 Å². The van der Waals surface area contributed by atoms with Crippen molar-refractivity contribution in [3.8, 4) is 0 Å². The van der Waals surface area contributed by atoms with E-state index in [9.17, 15) is 28.5 Å². The monoisotopic (exact) mass is 500 g/mol. The molecular weight excluding hydrogens is 489 g/mol. The Bertz CT molecular complexity index is 411. The third-order valence-corrected chi connectivity index (χ3v) is 11.0. The molecule has 5 N–H and O–H groups in total. The molecule has 11 nitrogen and oxygen atoms in total. The Balaban J connectivity index is 2.48. The van der Waals surface area contributed by atoms with Gasteiger partial charge in [-0.2, -0.15) is 0 Å². The molecule has 1 heterocycles. The quantitative estimate of drug-likeness (QED) is 0.221. The minimum atomic E-state index is -4.11. The van der Waals surface area contributed by atoms with Crippen molar-refractivity contribution in [2.75, 3.05) is 6.61 Å². The molecule has 4 atom stereocenters. The molecule has 0 bridgehead atoms. The second-order valence-electron chi connectivity index (χ2n) is 3.37. The summed E-state index contributed by atoms with van der Waals surface area (Å²) < 4.78 is 33.4. The normalized spacial score (nSPS) is 24.9. The van der Waals surface area contributed by atoms with Crippen LogP contribution in [0.25, 0.3) is 0 Å². The minimum absolute atomic E-state index is 0.911. The second-order valence-corrected chi connectivity index (χ2v) is 10.4. The number of carbonyl (C=O) groups excluding carboxylic acids is 1. The molecule has 0 spiro atoms. The molecule has 0 aromatic rings. The molecule has 0 aromatic heterocycles. The molecule has 1 fully saturated rings. The topological polar surface area (TPSA) is 180 Å². The van der Waals surface area contributed by atoms with E-state index in [0.717, 1.165) is 0 Å². The van der Waals surface area contributed by atoms with Crippen LogP contribution in [0, 0.1) is 0 Å². The van der Waals surface area contributed by atoms with E-state index in [2.05, 4.69) is 7.33 Å². The van der Waals surface area contributed by atoms with Gasteiger partial charge in [0.1, 0.15) is 0 Å². The van der Waals surface area contributed by atoms with Crippen LogP contribution in [-0.4, -0.2) is 94.0 Å². The number of hydrogen-bond donors (Lipinski definition) is 5.